The number of carbonyl (C=O) groups excluding carboxylic acids is 1. The van der Waals surface area contributed by atoms with Crippen LogP contribution in [0, 0.1) is 11.3 Å². The molecule has 0 bridgehead atoms. The average Bonchev–Trinajstić information content (AvgIpc) is 3.08. The Balaban J connectivity index is 1.35. The second-order valence-corrected chi connectivity index (χ2v) is 8.07. The number of hydrogen-bond donors (Lipinski definition) is 1. The van der Waals surface area contributed by atoms with Gasteiger partial charge in [0.25, 0.3) is 6.01 Å². The summed E-state index contributed by atoms with van der Waals surface area (Å²) in [7, 11) is 1.64. The molecule has 7 heteroatoms. The molecule has 1 atom stereocenters. The van der Waals surface area contributed by atoms with Gasteiger partial charge in [-0.15, -0.1) is 0 Å². The summed E-state index contributed by atoms with van der Waals surface area (Å²) < 4.78 is 16.4. The van der Waals surface area contributed by atoms with Crippen molar-refractivity contribution < 1.29 is 18.7 Å². The molecule has 1 amide bonds. The third-order valence-corrected chi connectivity index (χ3v) is 5.46. The number of fused-ring (bicyclic) bond motifs is 1. The third-order valence-electron chi connectivity index (χ3n) is 5.46. The van der Waals surface area contributed by atoms with E-state index >= 15 is 0 Å². The molecule has 2 aromatic rings. The zero-order valence-corrected chi connectivity index (χ0v) is 16.0. The summed E-state index contributed by atoms with van der Waals surface area (Å²) in [6.45, 7) is 5.98. The van der Waals surface area contributed by atoms with Crippen molar-refractivity contribution in [3.63, 3.8) is 0 Å². The monoisotopic (exact) mass is 373 g/mol. The number of anilines is 1. The standard InChI is InChI=1S/C20H27N3O4/c1-20(12-26-13-20)11-21-18(24)8-14-4-3-7-23(10-14)19-22-16-9-15(25-2)5-6-17(16)27-19/h5-6,9,14H,3-4,7-8,10-13H2,1-2H3,(H,21,24). The van der Waals surface area contributed by atoms with E-state index in [0.717, 1.165) is 56.0 Å². The number of aromatic nitrogens is 1. The fourth-order valence-electron chi connectivity index (χ4n) is 3.76. The zero-order chi connectivity index (χ0) is 18.9. The molecule has 0 spiro atoms. The van der Waals surface area contributed by atoms with E-state index in [1.165, 1.54) is 0 Å². The molecule has 0 aliphatic carbocycles. The molecule has 1 unspecified atom stereocenters. The van der Waals surface area contributed by atoms with Gasteiger partial charge in [-0.1, -0.05) is 6.92 Å². The lowest BCUT2D eigenvalue weighted by Gasteiger charge is -2.38. The van der Waals surface area contributed by atoms with E-state index in [1.54, 1.807) is 7.11 Å². The first-order valence-electron chi connectivity index (χ1n) is 9.59. The van der Waals surface area contributed by atoms with Gasteiger partial charge in [-0.25, -0.2) is 0 Å². The number of rotatable bonds is 6. The Kier molecular flexibility index (Phi) is 4.95. The van der Waals surface area contributed by atoms with Gasteiger partial charge < -0.3 is 24.1 Å². The number of methoxy groups -OCH3 is 1. The van der Waals surface area contributed by atoms with E-state index in [-0.39, 0.29) is 11.3 Å². The number of hydrogen-bond acceptors (Lipinski definition) is 6. The molecule has 2 aliphatic heterocycles. The number of amides is 1. The largest absolute Gasteiger partial charge is 0.497 e. The first kappa shape index (κ1) is 18.1. The summed E-state index contributed by atoms with van der Waals surface area (Å²) in [4.78, 5) is 19.1. The highest BCUT2D eigenvalue weighted by Gasteiger charge is 2.34. The Morgan fingerprint density at radius 3 is 3.04 bits per heavy atom. The van der Waals surface area contributed by atoms with Crippen LogP contribution in [0.3, 0.4) is 0 Å². The number of oxazole rings is 1. The molecule has 2 fully saturated rings. The predicted octanol–water partition coefficient (Wildman–Crippen LogP) is 2.60. The minimum atomic E-state index is 0.105. The van der Waals surface area contributed by atoms with Crippen LogP contribution in [0.2, 0.25) is 0 Å². The molecule has 1 aromatic heterocycles. The minimum absolute atomic E-state index is 0.105. The van der Waals surface area contributed by atoms with Gasteiger partial charge in [0, 0.05) is 37.5 Å². The van der Waals surface area contributed by atoms with E-state index < -0.39 is 0 Å². The molecule has 4 rings (SSSR count). The lowest BCUT2D eigenvalue weighted by atomic mass is 9.88. The molecule has 0 saturated carbocycles. The highest BCUT2D eigenvalue weighted by Crippen LogP contribution is 2.29. The van der Waals surface area contributed by atoms with Crippen molar-refractivity contribution in [1.29, 1.82) is 0 Å². The molecule has 7 nitrogen and oxygen atoms in total. The average molecular weight is 373 g/mol. The van der Waals surface area contributed by atoms with Crippen LogP contribution >= 0.6 is 0 Å². The molecular weight excluding hydrogens is 346 g/mol. The molecule has 1 N–H and O–H groups in total. The Labute approximate surface area is 159 Å². The molecule has 2 aliphatic rings. The lowest BCUT2D eigenvalue weighted by molar-refractivity contribution is -0.127. The quantitative estimate of drug-likeness (QED) is 0.839. The maximum atomic E-state index is 12.3. The van der Waals surface area contributed by atoms with Crippen molar-refractivity contribution in [3.8, 4) is 5.75 Å². The van der Waals surface area contributed by atoms with E-state index in [9.17, 15) is 4.79 Å². The van der Waals surface area contributed by atoms with Crippen LogP contribution < -0.4 is 15.0 Å². The Morgan fingerprint density at radius 2 is 2.30 bits per heavy atom. The Hall–Kier alpha value is -2.28. The Morgan fingerprint density at radius 1 is 1.44 bits per heavy atom. The van der Waals surface area contributed by atoms with Gasteiger partial charge in [0.05, 0.1) is 20.3 Å². The zero-order valence-electron chi connectivity index (χ0n) is 16.0. The lowest BCUT2D eigenvalue weighted by Crippen LogP contribution is -2.49. The maximum absolute atomic E-state index is 12.3. The van der Waals surface area contributed by atoms with Crippen LogP contribution in [0.25, 0.3) is 11.1 Å². The van der Waals surface area contributed by atoms with Crippen LogP contribution in [0.5, 0.6) is 5.75 Å². The van der Waals surface area contributed by atoms with E-state index in [0.29, 0.717) is 24.9 Å². The molecule has 27 heavy (non-hydrogen) atoms. The summed E-state index contributed by atoms with van der Waals surface area (Å²) in [6.07, 6.45) is 2.63. The van der Waals surface area contributed by atoms with Crippen molar-refractivity contribution in [2.24, 2.45) is 11.3 Å². The van der Waals surface area contributed by atoms with Crippen molar-refractivity contribution in [2.45, 2.75) is 26.2 Å². The van der Waals surface area contributed by atoms with Crippen molar-refractivity contribution in [2.75, 3.05) is 44.9 Å². The summed E-state index contributed by atoms with van der Waals surface area (Å²) in [5.41, 5.74) is 1.65. The van der Waals surface area contributed by atoms with E-state index in [4.69, 9.17) is 13.9 Å². The summed E-state index contributed by atoms with van der Waals surface area (Å²) in [5, 5.41) is 3.07. The van der Waals surface area contributed by atoms with Crippen molar-refractivity contribution in [3.05, 3.63) is 18.2 Å². The number of nitrogens with zero attached hydrogens (tertiary/aromatic N) is 2. The van der Waals surface area contributed by atoms with Gasteiger partial charge in [0.15, 0.2) is 5.58 Å². The summed E-state index contributed by atoms with van der Waals surface area (Å²) in [6, 6.07) is 6.25. The van der Waals surface area contributed by atoms with Gasteiger partial charge in [0.2, 0.25) is 5.91 Å². The number of carbonyl (C=O) groups is 1. The molecule has 146 valence electrons. The second kappa shape index (κ2) is 7.38. The normalized spacial score (nSPS) is 21.7. The van der Waals surface area contributed by atoms with E-state index in [1.807, 2.05) is 18.2 Å². The molecular formula is C20H27N3O4. The van der Waals surface area contributed by atoms with Crippen molar-refractivity contribution in [1.82, 2.24) is 10.3 Å². The second-order valence-electron chi connectivity index (χ2n) is 8.07. The first-order chi connectivity index (χ1) is 13.0. The highest BCUT2D eigenvalue weighted by atomic mass is 16.5. The molecule has 1 aromatic carbocycles. The molecule has 0 radical (unpaired) electrons. The van der Waals surface area contributed by atoms with E-state index in [2.05, 4.69) is 22.1 Å². The van der Waals surface area contributed by atoms with Crippen LogP contribution in [0.4, 0.5) is 6.01 Å². The number of benzene rings is 1. The topological polar surface area (TPSA) is 76.8 Å². The number of piperidine rings is 1. The fourth-order valence-corrected chi connectivity index (χ4v) is 3.76. The Bertz CT molecular complexity index is 815. The number of nitrogens with one attached hydrogen (secondary N) is 1. The smallest absolute Gasteiger partial charge is 0.298 e. The van der Waals surface area contributed by atoms with Gasteiger partial charge >= 0.3 is 0 Å². The highest BCUT2D eigenvalue weighted by molar-refractivity contribution is 5.77. The summed E-state index contributed by atoms with van der Waals surface area (Å²) in [5.74, 6) is 1.20. The maximum Gasteiger partial charge on any atom is 0.298 e. The SMILES string of the molecule is COc1ccc2oc(N3CCCC(CC(=O)NCC4(C)COC4)C3)nc2c1. The van der Waals surface area contributed by atoms with Crippen LogP contribution in [-0.4, -0.2) is 50.8 Å². The first-order valence-corrected chi connectivity index (χ1v) is 9.59. The predicted molar refractivity (Wildman–Crippen MR) is 102 cm³/mol. The van der Waals surface area contributed by atoms with Gasteiger partial charge in [-0.05, 0) is 30.9 Å². The fraction of sp³-hybridized carbons (Fsp3) is 0.600. The summed E-state index contributed by atoms with van der Waals surface area (Å²) >= 11 is 0. The third kappa shape index (κ3) is 4.03. The van der Waals surface area contributed by atoms with Gasteiger partial charge in [0.1, 0.15) is 11.3 Å². The number of ether oxygens (including phenoxy) is 2. The van der Waals surface area contributed by atoms with Crippen LogP contribution in [0.15, 0.2) is 22.6 Å². The van der Waals surface area contributed by atoms with Crippen LogP contribution in [0.1, 0.15) is 26.2 Å². The minimum Gasteiger partial charge on any atom is -0.497 e. The van der Waals surface area contributed by atoms with Gasteiger partial charge in [-0.3, -0.25) is 4.79 Å². The van der Waals surface area contributed by atoms with Crippen molar-refractivity contribution >= 4 is 23.0 Å². The van der Waals surface area contributed by atoms with Gasteiger partial charge in [-0.2, -0.15) is 4.98 Å². The van der Waals surface area contributed by atoms with Crippen LogP contribution in [-0.2, 0) is 9.53 Å². The molecule has 2 saturated heterocycles. The molecule has 3 heterocycles.